The molecule has 0 spiro atoms. The van der Waals surface area contributed by atoms with Gasteiger partial charge in [-0.05, 0) is 36.0 Å². The van der Waals surface area contributed by atoms with E-state index < -0.39 is 0 Å². The van der Waals surface area contributed by atoms with E-state index in [4.69, 9.17) is 4.74 Å². The molecule has 0 bridgehead atoms. The number of nitrogens with zero attached hydrogens (tertiary/aromatic N) is 1. The van der Waals surface area contributed by atoms with Gasteiger partial charge >= 0.3 is 0 Å². The predicted molar refractivity (Wildman–Crippen MR) is 90.9 cm³/mol. The van der Waals surface area contributed by atoms with Crippen LogP contribution in [-0.4, -0.2) is 31.5 Å². The molecule has 0 saturated carbocycles. The average Bonchev–Trinajstić information content (AvgIpc) is 2.55. The molecule has 0 radical (unpaired) electrons. The monoisotopic (exact) mass is 318 g/mol. The van der Waals surface area contributed by atoms with Gasteiger partial charge in [0.15, 0.2) is 6.61 Å². The van der Waals surface area contributed by atoms with Crippen LogP contribution in [0.15, 0.2) is 18.2 Å². The fourth-order valence-corrected chi connectivity index (χ4v) is 2.46. The average molecular weight is 318 g/mol. The highest BCUT2D eigenvalue weighted by atomic mass is 16.5. The zero-order valence-corrected chi connectivity index (χ0v) is 14.4. The van der Waals surface area contributed by atoms with Crippen molar-refractivity contribution in [3.8, 4) is 5.75 Å². The summed E-state index contributed by atoms with van der Waals surface area (Å²) >= 11 is 0. The summed E-state index contributed by atoms with van der Waals surface area (Å²) in [5, 5.41) is 2.81. The van der Waals surface area contributed by atoms with E-state index in [1.807, 2.05) is 25.1 Å². The maximum absolute atomic E-state index is 12.2. The summed E-state index contributed by atoms with van der Waals surface area (Å²) in [6.45, 7) is 9.09. The molecule has 0 aromatic heterocycles. The lowest BCUT2D eigenvalue weighted by Crippen LogP contribution is -2.45. The summed E-state index contributed by atoms with van der Waals surface area (Å²) in [6, 6.07) is 5.90. The van der Waals surface area contributed by atoms with Gasteiger partial charge in [-0.1, -0.05) is 33.8 Å². The molecule has 0 saturated heterocycles. The van der Waals surface area contributed by atoms with Crippen LogP contribution in [0.4, 0.5) is 5.69 Å². The van der Waals surface area contributed by atoms with Gasteiger partial charge in [-0.15, -0.1) is 0 Å². The minimum atomic E-state index is -0.185. The Morgan fingerprint density at radius 1 is 1.35 bits per heavy atom. The molecular weight excluding hydrogens is 292 g/mol. The van der Waals surface area contributed by atoms with E-state index in [1.54, 1.807) is 0 Å². The van der Waals surface area contributed by atoms with Gasteiger partial charge in [0.05, 0.1) is 5.69 Å². The smallest absolute Gasteiger partial charge is 0.265 e. The highest BCUT2D eigenvalue weighted by Crippen LogP contribution is 2.37. The van der Waals surface area contributed by atoms with Gasteiger partial charge in [0.2, 0.25) is 5.91 Å². The maximum atomic E-state index is 12.2. The zero-order valence-electron chi connectivity index (χ0n) is 14.4. The highest BCUT2D eigenvalue weighted by molar-refractivity contribution is 6.02. The Morgan fingerprint density at radius 3 is 2.74 bits per heavy atom. The minimum absolute atomic E-state index is 0.00562. The number of hydrogen-bond donors (Lipinski definition) is 1. The Hall–Kier alpha value is -2.04. The fourth-order valence-electron chi connectivity index (χ4n) is 2.46. The topological polar surface area (TPSA) is 58.6 Å². The third-order valence-electron chi connectivity index (χ3n) is 4.44. The van der Waals surface area contributed by atoms with E-state index in [0.29, 0.717) is 18.0 Å². The van der Waals surface area contributed by atoms with Crippen LogP contribution in [-0.2, 0) is 15.0 Å². The van der Waals surface area contributed by atoms with Crippen molar-refractivity contribution in [3.63, 3.8) is 0 Å². The first-order chi connectivity index (χ1) is 10.9. The van der Waals surface area contributed by atoms with Gasteiger partial charge in [0.1, 0.15) is 12.3 Å². The Balaban J connectivity index is 2.30. The molecule has 2 rings (SSSR count). The van der Waals surface area contributed by atoms with Crippen molar-refractivity contribution in [3.05, 3.63) is 23.8 Å². The lowest BCUT2D eigenvalue weighted by atomic mass is 9.82. The van der Waals surface area contributed by atoms with Gasteiger partial charge in [-0.3, -0.25) is 14.5 Å². The molecule has 1 heterocycles. The predicted octanol–water partition coefficient (Wildman–Crippen LogP) is 2.63. The van der Waals surface area contributed by atoms with Crippen molar-refractivity contribution in [1.82, 2.24) is 5.32 Å². The molecule has 1 aliphatic rings. The van der Waals surface area contributed by atoms with Crippen LogP contribution in [0.25, 0.3) is 0 Å². The standard InChI is InChI=1S/C18H26N2O3/c1-5-9-19-16(21)11-20-14-10-13(18(3,4)6-2)7-8-15(14)23-12-17(20)22/h7-8,10H,5-6,9,11-12H2,1-4H3,(H,19,21). The molecule has 0 unspecified atom stereocenters. The van der Waals surface area contributed by atoms with Crippen LogP contribution in [0.3, 0.4) is 0 Å². The number of fused-ring (bicyclic) bond motifs is 1. The number of hydrogen-bond acceptors (Lipinski definition) is 3. The Labute approximate surface area is 138 Å². The first-order valence-corrected chi connectivity index (χ1v) is 8.23. The number of anilines is 1. The van der Waals surface area contributed by atoms with Gasteiger partial charge in [-0.25, -0.2) is 0 Å². The van der Waals surface area contributed by atoms with Gasteiger partial charge in [0.25, 0.3) is 5.91 Å². The molecule has 5 nitrogen and oxygen atoms in total. The Morgan fingerprint density at radius 2 is 2.09 bits per heavy atom. The fraction of sp³-hybridized carbons (Fsp3) is 0.556. The van der Waals surface area contributed by atoms with Crippen LogP contribution in [0.5, 0.6) is 5.75 Å². The molecule has 23 heavy (non-hydrogen) atoms. The summed E-state index contributed by atoms with van der Waals surface area (Å²) in [7, 11) is 0. The quantitative estimate of drug-likeness (QED) is 0.877. The van der Waals surface area contributed by atoms with Crippen LogP contribution in [0.1, 0.15) is 46.1 Å². The largest absolute Gasteiger partial charge is 0.482 e. The summed E-state index contributed by atoms with van der Waals surface area (Å²) in [5.41, 5.74) is 1.83. The number of rotatable bonds is 6. The summed E-state index contributed by atoms with van der Waals surface area (Å²) in [5.74, 6) is 0.326. The van der Waals surface area contributed by atoms with Gasteiger partial charge in [-0.2, -0.15) is 0 Å². The molecule has 1 N–H and O–H groups in total. The maximum Gasteiger partial charge on any atom is 0.265 e. The molecule has 1 aromatic rings. The van der Waals surface area contributed by atoms with Crippen molar-refractivity contribution >= 4 is 17.5 Å². The molecule has 2 amide bonds. The van der Waals surface area contributed by atoms with E-state index in [-0.39, 0.29) is 30.4 Å². The van der Waals surface area contributed by atoms with E-state index in [2.05, 4.69) is 26.1 Å². The number of ether oxygens (including phenoxy) is 1. The van der Waals surface area contributed by atoms with Crippen molar-refractivity contribution in [2.24, 2.45) is 0 Å². The molecule has 126 valence electrons. The number of carbonyl (C=O) groups excluding carboxylic acids is 2. The van der Waals surface area contributed by atoms with Crippen LogP contribution in [0.2, 0.25) is 0 Å². The second-order valence-corrected chi connectivity index (χ2v) is 6.54. The number of nitrogens with one attached hydrogen (secondary N) is 1. The summed E-state index contributed by atoms with van der Waals surface area (Å²) in [6.07, 6.45) is 1.85. The highest BCUT2D eigenvalue weighted by Gasteiger charge is 2.29. The molecule has 1 aromatic carbocycles. The van der Waals surface area contributed by atoms with E-state index in [9.17, 15) is 9.59 Å². The lowest BCUT2D eigenvalue weighted by molar-refractivity contribution is -0.125. The Kier molecular flexibility index (Phi) is 5.29. The lowest BCUT2D eigenvalue weighted by Gasteiger charge is -2.31. The van der Waals surface area contributed by atoms with Crippen LogP contribution in [0, 0.1) is 0 Å². The molecule has 0 atom stereocenters. The van der Waals surface area contributed by atoms with E-state index in [1.165, 1.54) is 4.90 Å². The second-order valence-electron chi connectivity index (χ2n) is 6.54. The molecule has 1 aliphatic heterocycles. The van der Waals surface area contributed by atoms with Crippen LogP contribution >= 0.6 is 0 Å². The van der Waals surface area contributed by atoms with Crippen LogP contribution < -0.4 is 15.0 Å². The first kappa shape index (κ1) is 17.3. The third-order valence-corrected chi connectivity index (χ3v) is 4.44. The van der Waals surface area contributed by atoms with Crippen molar-refractivity contribution in [2.75, 3.05) is 24.6 Å². The van der Waals surface area contributed by atoms with E-state index >= 15 is 0 Å². The Bertz CT molecular complexity index is 596. The summed E-state index contributed by atoms with van der Waals surface area (Å²) in [4.78, 5) is 25.8. The van der Waals surface area contributed by atoms with Crippen molar-refractivity contribution in [1.29, 1.82) is 0 Å². The molecular formula is C18H26N2O3. The molecule has 0 fully saturated rings. The molecule has 5 heteroatoms. The van der Waals surface area contributed by atoms with Crippen molar-refractivity contribution in [2.45, 2.75) is 46.0 Å². The first-order valence-electron chi connectivity index (χ1n) is 8.23. The van der Waals surface area contributed by atoms with E-state index in [0.717, 1.165) is 18.4 Å². The number of benzene rings is 1. The summed E-state index contributed by atoms with van der Waals surface area (Å²) < 4.78 is 5.51. The zero-order chi connectivity index (χ0) is 17.0. The van der Waals surface area contributed by atoms with Crippen molar-refractivity contribution < 1.29 is 14.3 Å². The number of carbonyl (C=O) groups is 2. The number of amides is 2. The SMILES string of the molecule is CCCNC(=O)CN1C(=O)COc2ccc(C(C)(C)CC)cc21. The second kappa shape index (κ2) is 7.02. The minimum Gasteiger partial charge on any atom is -0.482 e. The van der Waals surface area contributed by atoms with Gasteiger partial charge < -0.3 is 10.1 Å². The normalized spacial score (nSPS) is 14.3. The third kappa shape index (κ3) is 3.84. The van der Waals surface area contributed by atoms with Gasteiger partial charge in [0, 0.05) is 6.54 Å². The molecule has 0 aliphatic carbocycles.